The number of allylic oxidation sites excluding steroid dienone is 1. The fraction of sp³-hybridized carbons (Fsp3) is 0.333. The summed E-state index contributed by atoms with van der Waals surface area (Å²) in [6.45, 7) is 0.234. The molecule has 0 unspecified atom stereocenters. The monoisotopic (exact) mass is 252 g/mol. The van der Waals surface area contributed by atoms with Crippen molar-refractivity contribution in [3.05, 3.63) is 39.9 Å². The highest BCUT2D eigenvalue weighted by Crippen LogP contribution is 2.30. The minimum atomic E-state index is 0.234. The Morgan fingerprint density at radius 3 is 3.00 bits per heavy atom. The third kappa shape index (κ3) is 1.91. The van der Waals surface area contributed by atoms with Crippen molar-refractivity contribution >= 4 is 21.5 Å². The first kappa shape index (κ1) is 9.94. The van der Waals surface area contributed by atoms with Crippen LogP contribution in [0.1, 0.15) is 24.0 Å². The van der Waals surface area contributed by atoms with Crippen LogP contribution < -0.4 is 0 Å². The first-order valence-electron chi connectivity index (χ1n) is 4.90. The molecule has 0 amide bonds. The molecule has 0 spiro atoms. The van der Waals surface area contributed by atoms with Crippen LogP contribution in [0.4, 0.5) is 0 Å². The van der Waals surface area contributed by atoms with E-state index in [0.717, 1.165) is 23.7 Å². The van der Waals surface area contributed by atoms with Crippen molar-refractivity contribution in [2.45, 2.75) is 19.3 Å². The standard InChI is InChI=1S/C12H13BrO/c13-11-5-4-9-2-1-3-10(6-7-14)12(9)8-11/h3-5,8,14H,1-2,6-7H2. The maximum Gasteiger partial charge on any atom is 0.0471 e. The van der Waals surface area contributed by atoms with Crippen molar-refractivity contribution in [1.82, 2.24) is 0 Å². The summed E-state index contributed by atoms with van der Waals surface area (Å²) in [5, 5.41) is 8.96. The van der Waals surface area contributed by atoms with E-state index in [1.165, 1.54) is 16.7 Å². The maximum absolute atomic E-state index is 8.96. The minimum Gasteiger partial charge on any atom is -0.396 e. The third-order valence-electron chi connectivity index (χ3n) is 2.60. The molecule has 0 saturated heterocycles. The molecule has 1 aromatic rings. The molecule has 1 N–H and O–H groups in total. The molecule has 0 atom stereocenters. The van der Waals surface area contributed by atoms with Crippen LogP contribution >= 0.6 is 15.9 Å². The summed E-state index contributed by atoms with van der Waals surface area (Å²) in [5.74, 6) is 0. The van der Waals surface area contributed by atoms with Gasteiger partial charge >= 0.3 is 0 Å². The summed E-state index contributed by atoms with van der Waals surface area (Å²) < 4.78 is 1.11. The molecule has 1 aliphatic carbocycles. The largest absolute Gasteiger partial charge is 0.396 e. The van der Waals surface area contributed by atoms with E-state index in [9.17, 15) is 0 Å². The van der Waals surface area contributed by atoms with Crippen molar-refractivity contribution in [3.8, 4) is 0 Å². The van der Waals surface area contributed by atoms with Gasteiger partial charge in [0.25, 0.3) is 0 Å². The van der Waals surface area contributed by atoms with Gasteiger partial charge in [0.2, 0.25) is 0 Å². The molecule has 14 heavy (non-hydrogen) atoms. The lowest BCUT2D eigenvalue weighted by Crippen LogP contribution is -2.01. The smallest absolute Gasteiger partial charge is 0.0471 e. The zero-order chi connectivity index (χ0) is 9.97. The zero-order valence-corrected chi connectivity index (χ0v) is 9.55. The number of fused-ring (bicyclic) bond motifs is 1. The molecule has 0 aliphatic heterocycles. The van der Waals surface area contributed by atoms with Gasteiger partial charge in [0, 0.05) is 11.1 Å². The van der Waals surface area contributed by atoms with Crippen LogP contribution in [0.15, 0.2) is 28.7 Å². The molecule has 2 rings (SSSR count). The molecule has 0 aromatic heterocycles. The van der Waals surface area contributed by atoms with Gasteiger partial charge in [-0.25, -0.2) is 0 Å². The number of halogens is 1. The van der Waals surface area contributed by atoms with E-state index in [0.29, 0.717) is 0 Å². The second-order valence-corrected chi connectivity index (χ2v) is 4.46. The summed E-state index contributed by atoms with van der Waals surface area (Å²) >= 11 is 3.48. The van der Waals surface area contributed by atoms with Crippen LogP contribution in [0.3, 0.4) is 0 Å². The average molecular weight is 253 g/mol. The summed E-state index contributed by atoms with van der Waals surface area (Å²) in [5.41, 5.74) is 3.99. The van der Waals surface area contributed by atoms with Gasteiger partial charge in [-0.3, -0.25) is 0 Å². The molecule has 1 nitrogen and oxygen atoms in total. The molecule has 1 aliphatic rings. The van der Waals surface area contributed by atoms with Crippen molar-refractivity contribution in [2.75, 3.05) is 6.61 Å². The SMILES string of the molecule is OCCC1=CCCc2ccc(Br)cc21. The van der Waals surface area contributed by atoms with Gasteiger partial charge in [0.15, 0.2) is 0 Å². The molecule has 0 heterocycles. The Morgan fingerprint density at radius 2 is 2.21 bits per heavy atom. The topological polar surface area (TPSA) is 20.2 Å². The van der Waals surface area contributed by atoms with Crippen LogP contribution in [0, 0.1) is 0 Å². The first-order chi connectivity index (χ1) is 6.81. The van der Waals surface area contributed by atoms with E-state index >= 15 is 0 Å². The average Bonchev–Trinajstić information content (AvgIpc) is 2.19. The van der Waals surface area contributed by atoms with Crippen LogP contribution in [0.2, 0.25) is 0 Å². The molecular weight excluding hydrogens is 240 g/mol. The van der Waals surface area contributed by atoms with Gasteiger partial charge in [-0.2, -0.15) is 0 Å². The van der Waals surface area contributed by atoms with Gasteiger partial charge < -0.3 is 5.11 Å². The number of aliphatic hydroxyl groups is 1. The molecule has 0 saturated carbocycles. The summed E-state index contributed by atoms with van der Waals surface area (Å²) in [6.07, 6.45) is 5.23. The van der Waals surface area contributed by atoms with Gasteiger partial charge in [0.1, 0.15) is 0 Å². The van der Waals surface area contributed by atoms with Crippen LogP contribution in [-0.2, 0) is 6.42 Å². The molecular formula is C12H13BrO. The third-order valence-corrected chi connectivity index (χ3v) is 3.10. The summed E-state index contributed by atoms with van der Waals surface area (Å²) in [7, 11) is 0. The lowest BCUT2D eigenvalue weighted by Gasteiger charge is -2.17. The van der Waals surface area contributed by atoms with E-state index in [-0.39, 0.29) is 6.61 Å². The quantitative estimate of drug-likeness (QED) is 0.858. The van der Waals surface area contributed by atoms with Crippen molar-refractivity contribution in [3.63, 3.8) is 0 Å². The Labute approximate surface area is 92.6 Å². The highest BCUT2D eigenvalue weighted by molar-refractivity contribution is 9.10. The Morgan fingerprint density at radius 1 is 1.36 bits per heavy atom. The number of rotatable bonds is 2. The number of aryl methyl sites for hydroxylation is 1. The number of hydrogen-bond donors (Lipinski definition) is 1. The fourth-order valence-electron chi connectivity index (χ4n) is 1.93. The summed E-state index contributed by atoms with van der Waals surface area (Å²) in [6, 6.07) is 6.40. The molecule has 74 valence electrons. The number of aliphatic hydroxyl groups excluding tert-OH is 1. The van der Waals surface area contributed by atoms with Gasteiger partial charge in [-0.1, -0.05) is 28.1 Å². The fourth-order valence-corrected chi connectivity index (χ4v) is 2.30. The number of benzene rings is 1. The van der Waals surface area contributed by atoms with Gasteiger partial charge in [-0.15, -0.1) is 0 Å². The Balaban J connectivity index is 2.40. The Bertz CT molecular complexity index is 369. The van der Waals surface area contributed by atoms with E-state index in [4.69, 9.17) is 5.11 Å². The molecule has 2 heteroatoms. The van der Waals surface area contributed by atoms with E-state index in [1.54, 1.807) is 0 Å². The highest BCUT2D eigenvalue weighted by Gasteiger charge is 2.11. The number of hydrogen-bond acceptors (Lipinski definition) is 1. The first-order valence-corrected chi connectivity index (χ1v) is 5.69. The van der Waals surface area contributed by atoms with Crippen molar-refractivity contribution in [2.24, 2.45) is 0 Å². The lowest BCUT2D eigenvalue weighted by atomic mass is 9.89. The van der Waals surface area contributed by atoms with Crippen LogP contribution in [-0.4, -0.2) is 11.7 Å². The molecule has 0 radical (unpaired) electrons. The second kappa shape index (κ2) is 4.28. The van der Waals surface area contributed by atoms with E-state index in [1.807, 2.05) is 0 Å². The maximum atomic E-state index is 8.96. The van der Waals surface area contributed by atoms with E-state index < -0.39 is 0 Å². The van der Waals surface area contributed by atoms with Gasteiger partial charge in [0.05, 0.1) is 0 Å². The predicted molar refractivity (Wildman–Crippen MR) is 62.1 cm³/mol. The zero-order valence-electron chi connectivity index (χ0n) is 7.96. The van der Waals surface area contributed by atoms with E-state index in [2.05, 4.69) is 40.2 Å². The second-order valence-electron chi connectivity index (χ2n) is 3.54. The highest BCUT2D eigenvalue weighted by atomic mass is 79.9. The summed E-state index contributed by atoms with van der Waals surface area (Å²) in [4.78, 5) is 0. The Hall–Kier alpha value is -0.600. The molecule has 0 fully saturated rings. The van der Waals surface area contributed by atoms with Crippen molar-refractivity contribution < 1.29 is 5.11 Å². The normalized spacial score (nSPS) is 14.9. The molecule has 0 bridgehead atoms. The lowest BCUT2D eigenvalue weighted by molar-refractivity contribution is 0.305. The molecule has 1 aromatic carbocycles. The van der Waals surface area contributed by atoms with Gasteiger partial charge in [-0.05, 0) is 48.1 Å². The van der Waals surface area contributed by atoms with Crippen LogP contribution in [0.5, 0.6) is 0 Å². The Kier molecular flexibility index (Phi) is 3.04. The van der Waals surface area contributed by atoms with Crippen LogP contribution in [0.25, 0.3) is 5.57 Å². The minimum absolute atomic E-state index is 0.234. The predicted octanol–water partition coefficient (Wildman–Crippen LogP) is 3.16. The van der Waals surface area contributed by atoms with Crippen molar-refractivity contribution in [1.29, 1.82) is 0 Å².